The van der Waals surface area contributed by atoms with E-state index in [0.29, 0.717) is 22.6 Å². The van der Waals surface area contributed by atoms with Crippen LogP contribution in [-0.2, 0) is 6.61 Å². The lowest BCUT2D eigenvalue weighted by molar-refractivity contribution is 0.298. The van der Waals surface area contributed by atoms with Crippen molar-refractivity contribution in [2.45, 2.75) is 13.5 Å². The van der Waals surface area contributed by atoms with E-state index in [1.165, 1.54) is 6.07 Å². The van der Waals surface area contributed by atoms with Gasteiger partial charge in [0.15, 0.2) is 0 Å². The van der Waals surface area contributed by atoms with Crippen molar-refractivity contribution in [3.8, 4) is 11.8 Å². The van der Waals surface area contributed by atoms with Crippen LogP contribution in [0.25, 0.3) is 0 Å². The van der Waals surface area contributed by atoms with Crippen molar-refractivity contribution in [2.75, 3.05) is 5.73 Å². The summed E-state index contributed by atoms with van der Waals surface area (Å²) in [6.07, 6.45) is 0. The number of rotatable bonds is 3. The monoisotopic (exact) mass is 256 g/mol. The van der Waals surface area contributed by atoms with Crippen molar-refractivity contribution < 1.29 is 9.13 Å². The number of hydrogen-bond donors (Lipinski definition) is 1. The predicted octanol–water partition coefficient (Wildman–Crippen LogP) is 3.17. The number of nitrogens with zero attached hydrogens (tertiary/aromatic N) is 1. The summed E-state index contributed by atoms with van der Waals surface area (Å²) in [5.41, 5.74) is 7.90. The molecule has 2 aromatic carbocycles. The molecule has 0 atom stereocenters. The number of aryl methyl sites for hydroxylation is 1. The largest absolute Gasteiger partial charge is 0.488 e. The molecular formula is C15H13FN2O. The Balaban J connectivity index is 2.15. The Bertz CT molecular complexity index is 647. The quantitative estimate of drug-likeness (QED) is 0.858. The molecule has 0 aliphatic carbocycles. The molecule has 2 N–H and O–H groups in total. The van der Waals surface area contributed by atoms with Gasteiger partial charge in [-0.2, -0.15) is 5.26 Å². The van der Waals surface area contributed by atoms with Gasteiger partial charge in [0.25, 0.3) is 0 Å². The Morgan fingerprint density at radius 1 is 1.26 bits per heavy atom. The van der Waals surface area contributed by atoms with Gasteiger partial charge < -0.3 is 10.5 Å². The van der Waals surface area contributed by atoms with Crippen LogP contribution in [-0.4, -0.2) is 0 Å². The normalized spacial score (nSPS) is 9.95. The molecule has 0 saturated carbocycles. The summed E-state index contributed by atoms with van der Waals surface area (Å²) in [6.45, 7) is 1.99. The van der Waals surface area contributed by atoms with E-state index in [2.05, 4.69) is 0 Å². The van der Waals surface area contributed by atoms with E-state index in [-0.39, 0.29) is 6.61 Å². The van der Waals surface area contributed by atoms with Gasteiger partial charge in [-0.3, -0.25) is 0 Å². The summed E-state index contributed by atoms with van der Waals surface area (Å²) in [5, 5.41) is 8.67. The number of anilines is 1. The molecule has 0 heterocycles. The fourth-order valence-electron chi connectivity index (χ4n) is 1.66. The van der Waals surface area contributed by atoms with E-state index < -0.39 is 5.82 Å². The highest BCUT2D eigenvalue weighted by atomic mass is 19.1. The second-order valence-electron chi connectivity index (χ2n) is 4.23. The van der Waals surface area contributed by atoms with Crippen LogP contribution in [0.4, 0.5) is 10.1 Å². The number of ether oxygens (including phenoxy) is 1. The van der Waals surface area contributed by atoms with Gasteiger partial charge in [0.2, 0.25) is 0 Å². The number of nitrogens with two attached hydrogens (primary N) is 1. The van der Waals surface area contributed by atoms with Crippen molar-refractivity contribution >= 4 is 5.69 Å². The first-order valence-corrected chi connectivity index (χ1v) is 5.77. The minimum Gasteiger partial charge on any atom is -0.488 e. The van der Waals surface area contributed by atoms with Crippen LogP contribution >= 0.6 is 0 Å². The molecule has 4 heteroatoms. The van der Waals surface area contributed by atoms with Gasteiger partial charge in [-0.1, -0.05) is 12.1 Å². The van der Waals surface area contributed by atoms with E-state index in [1.807, 2.05) is 19.1 Å². The van der Waals surface area contributed by atoms with E-state index in [0.717, 1.165) is 5.56 Å². The summed E-state index contributed by atoms with van der Waals surface area (Å²) in [4.78, 5) is 0. The average Bonchev–Trinajstić information content (AvgIpc) is 2.40. The average molecular weight is 256 g/mol. The first-order chi connectivity index (χ1) is 9.10. The molecule has 0 radical (unpaired) electrons. The summed E-state index contributed by atoms with van der Waals surface area (Å²) in [5.74, 6) is 0.185. The Morgan fingerprint density at radius 2 is 2.05 bits per heavy atom. The van der Waals surface area contributed by atoms with Crippen LogP contribution in [0.1, 0.15) is 16.7 Å². The highest BCUT2D eigenvalue weighted by Crippen LogP contribution is 2.22. The van der Waals surface area contributed by atoms with Crippen LogP contribution in [0.5, 0.6) is 5.75 Å². The summed E-state index contributed by atoms with van der Waals surface area (Å²) < 4.78 is 19.2. The zero-order chi connectivity index (χ0) is 13.8. The van der Waals surface area contributed by atoms with Crippen molar-refractivity contribution in [1.29, 1.82) is 5.26 Å². The van der Waals surface area contributed by atoms with Crippen molar-refractivity contribution in [3.63, 3.8) is 0 Å². The smallest absolute Gasteiger partial charge is 0.131 e. The van der Waals surface area contributed by atoms with Gasteiger partial charge >= 0.3 is 0 Å². The maximum atomic E-state index is 13.7. The molecule has 96 valence electrons. The molecule has 2 rings (SSSR count). The molecule has 0 aliphatic heterocycles. The molecule has 3 nitrogen and oxygen atoms in total. The minimum atomic E-state index is -0.444. The number of hydrogen-bond acceptors (Lipinski definition) is 3. The number of halogens is 1. The summed E-state index contributed by atoms with van der Waals surface area (Å²) in [6, 6.07) is 11.5. The lowest BCUT2D eigenvalue weighted by Crippen LogP contribution is -2.00. The lowest BCUT2D eigenvalue weighted by Gasteiger charge is -2.10. The Hall–Kier alpha value is -2.54. The topological polar surface area (TPSA) is 59.0 Å². The lowest BCUT2D eigenvalue weighted by atomic mass is 10.1. The molecule has 0 spiro atoms. The molecule has 0 aromatic heterocycles. The first-order valence-electron chi connectivity index (χ1n) is 5.77. The zero-order valence-electron chi connectivity index (χ0n) is 10.5. The van der Waals surface area contributed by atoms with Crippen LogP contribution in [0.15, 0.2) is 36.4 Å². The molecule has 0 bridgehead atoms. The van der Waals surface area contributed by atoms with E-state index >= 15 is 0 Å². The fourth-order valence-corrected chi connectivity index (χ4v) is 1.66. The van der Waals surface area contributed by atoms with Gasteiger partial charge in [0.1, 0.15) is 18.2 Å². The molecule has 0 unspecified atom stereocenters. The summed E-state index contributed by atoms with van der Waals surface area (Å²) in [7, 11) is 0. The maximum Gasteiger partial charge on any atom is 0.131 e. The van der Waals surface area contributed by atoms with Crippen molar-refractivity contribution in [2.24, 2.45) is 0 Å². The maximum absolute atomic E-state index is 13.7. The third kappa shape index (κ3) is 3.02. The van der Waals surface area contributed by atoms with Gasteiger partial charge in [-0.05, 0) is 30.7 Å². The van der Waals surface area contributed by atoms with Crippen molar-refractivity contribution in [3.05, 3.63) is 58.9 Å². The SMILES string of the molecule is Cc1ccc(N)cc1OCc1ccc(C#N)cc1F. The summed E-state index contributed by atoms with van der Waals surface area (Å²) >= 11 is 0. The Labute approximate surface area is 111 Å². The van der Waals surface area contributed by atoms with Crippen LogP contribution in [0.3, 0.4) is 0 Å². The number of nitriles is 1. The van der Waals surface area contributed by atoms with Crippen molar-refractivity contribution in [1.82, 2.24) is 0 Å². The fraction of sp³-hybridized carbons (Fsp3) is 0.133. The van der Waals surface area contributed by atoms with E-state index in [9.17, 15) is 4.39 Å². The van der Waals surface area contributed by atoms with Gasteiger partial charge in [-0.15, -0.1) is 0 Å². The van der Waals surface area contributed by atoms with Gasteiger partial charge in [0.05, 0.1) is 11.6 Å². The van der Waals surface area contributed by atoms with E-state index in [4.69, 9.17) is 15.7 Å². The molecule has 0 amide bonds. The first kappa shape index (κ1) is 12.9. The molecular weight excluding hydrogens is 243 g/mol. The highest BCUT2D eigenvalue weighted by Gasteiger charge is 2.06. The molecule has 0 fully saturated rings. The third-order valence-corrected chi connectivity index (χ3v) is 2.78. The molecule has 2 aromatic rings. The molecule has 19 heavy (non-hydrogen) atoms. The second-order valence-corrected chi connectivity index (χ2v) is 4.23. The standard InChI is InChI=1S/C15H13FN2O/c1-10-2-5-13(18)7-15(10)19-9-12-4-3-11(8-17)6-14(12)16/h2-7H,9,18H2,1H3. The molecule has 0 aliphatic rings. The zero-order valence-corrected chi connectivity index (χ0v) is 10.5. The van der Waals surface area contributed by atoms with Crippen LogP contribution in [0.2, 0.25) is 0 Å². The van der Waals surface area contributed by atoms with Gasteiger partial charge in [-0.25, -0.2) is 4.39 Å². The third-order valence-electron chi connectivity index (χ3n) is 2.78. The Morgan fingerprint density at radius 3 is 2.74 bits per heavy atom. The highest BCUT2D eigenvalue weighted by molar-refractivity contribution is 5.48. The Kier molecular flexibility index (Phi) is 3.67. The second kappa shape index (κ2) is 5.40. The molecule has 0 saturated heterocycles. The number of nitrogen functional groups attached to an aromatic ring is 1. The van der Waals surface area contributed by atoms with E-state index in [1.54, 1.807) is 24.3 Å². The number of benzene rings is 2. The minimum absolute atomic E-state index is 0.0990. The predicted molar refractivity (Wildman–Crippen MR) is 71.0 cm³/mol. The van der Waals surface area contributed by atoms with Crippen LogP contribution < -0.4 is 10.5 Å². The van der Waals surface area contributed by atoms with Crippen LogP contribution in [0, 0.1) is 24.1 Å². The van der Waals surface area contributed by atoms with Gasteiger partial charge in [0, 0.05) is 17.3 Å².